The first kappa shape index (κ1) is 22.3. The van der Waals surface area contributed by atoms with Crippen LogP contribution in [-0.2, 0) is 25.2 Å². The van der Waals surface area contributed by atoms with E-state index in [0.29, 0.717) is 17.9 Å². The number of anilines is 1. The molecule has 1 aromatic carbocycles. The van der Waals surface area contributed by atoms with Crippen molar-refractivity contribution in [2.75, 3.05) is 5.32 Å². The zero-order valence-corrected chi connectivity index (χ0v) is 19.4. The van der Waals surface area contributed by atoms with Gasteiger partial charge < -0.3 is 10.1 Å². The first-order valence-electron chi connectivity index (χ1n) is 10.9. The summed E-state index contributed by atoms with van der Waals surface area (Å²) in [6, 6.07) is 9.68. The highest BCUT2D eigenvalue weighted by Crippen LogP contribution is 2.24. The summed E-state index contributed by atoms with van der Waals surface area (Å²) in [7, 11) is 0. The standard InChI is InChI=1S/C24H29N7O2/c1-5-29-14-18(12-25-29)15-31-16-20(13-26-31)27-23(32)22-10-11-30(28-22)17-33-21-8-6-19(7-9-21)24(2,3)4/h6-14,16H,5,15,17H2,1-4H3,(H,27,32). The summed E-state index contributed by atoms with van der Waals surface area (Å²) in [4.78, 5) is 12.6. The minimum Gasteiger partial charge on any atom is -0.471 e. The lowest BCUT2D eigenvalue weighted by molar-refractivity contribution is 0.102. The fraction of sp³-hybridized carbons (Fsp3) is 0.333. The van der Waals surface area contributed by atoms with Gasteiger partial charge in [-0.05, 0) is 36.1 Å². The highest BCUT2D eigenvalue weighted by molar-refractivity contribution is 6.02. The largest absolute Gasteiger partial charge is 0.471 e. The summed E-state index contributed by atoms with van der Waals surface area (Å²) < 4.78 is 11.0. The Labute approximate surface area is 193 Å². The Morgan fingerprint density at radius 1 is 1.00 bits per heavy atom. The molecule has 0 saturated heterocycles. The lowest BCUT2D eigenvalue weighted by Gasteiger charge is -2.19. The van der Waals surface area contributed by atoms with E-state index in [4.69, 9.17) is 4.74 Å². The third kappa shape index (κ3) is 5.68. The number of aryl methyl sites for hydroxylation is 1. The number of amides is 1. The molecule has 0 saturated carbocycles. The molecule has 9 nitrogen and oxygen atoms in total. The van der Waals surface area contributed by atoms with Crippen molar-refractivity contribution in [3.05, 3.63) is 78.1 Å². The smallest absolute Gasteiger partial charge is 0.276 e. The average Bonchev–Trinajstić information content (AvgIpc) is 3.53. The Hall–Kier alpha value is -3.88. The number of hydrogen-bond donors (Lipinski definition) is 1. The quantitative estimate of drug-likeness (QED) is 0.442. The molecule has 0 aliphatic carbocycles. The molecule has 0 aliphatic heterocycles. The van der Waals surface area contributed by atoms with Crippen LogP contribution in [0.3, 0.4) is 0 Å². The van der Waals surface area contributed by atoms with E-state index < -0.39 is 0 Å². The fourth-order valence-electron chi connectivity index (χ4n) is 3.30. The van der Waals surface area contributed by atoms with E-state index in [9.17, 15) is 4.79 Å². The van der Waals surface area contributed by atoms with Crippen LogP contribution in [0.25, 0.3) is 0 Å². The maximum atomic E-state index is 12.6. The van der Waals surface area contributed by atoms with Crippen molar-refractivity contribution in [1.82, 2.24) is 29.3 Å². The maximum Gasteiger partial charge on any atom is 0.276 e. The van der Waals surface area contributed by atoms with Gasteiger partial charge in [-0.3, -0.25) is 14.2 Å². The Morgan fingerprint density at radius 3 is 2.45 bits per heavy atom. The second-order valence-corrected chi connectivity index (χ2v) is 8.87. The second kappa shape index (κ2) is 9.32. The fourth-order valence-corrected chi connectivity index (χ4v) is 3.30. The van der Waals surface area contributed by atoms with E-state index in [1.54, 1.807) is 34.0 Å². The van der Waals surface area contributed by atoms with Crippen molar-refractivity contribution in [2.45, 2.75) is 52.9 Å². The van der Waals surface area contributed by atoms with E-state index in [0.717, 1.165) is 17.9 Å². The topological polar surface area (TPSA) is 91.8 Å². The molecular weight excluding hydrogens is 418 g/mol. The monoisotopic (exact) mass is 447 g/mol. The SMILES string of the molecule is CCn1cc(Cn2cc(NC(=O)c3ccn(COc4ccc(C(C)(C)C)cc4)n3)cn2)cn1. The second-order valence-electron chi connectivity index (χ2n) is 8.87. The van der Waals surface area contributed by atoms with Crippen molar-refractivity contribution < 1.29 is 9.53 Å². The van der Waals surface area contributed by atoms with Crippen molar-refractivity contribution >= 4 is 11.6 Å². The van der Waals surface area contributed by atoms with E-state index in [-0.39, 0.29) is 18.1 Å². The maximum absolute atomic E-state index is 12.6. The molecule has 0 spiro atoms. The summed E-state index contributed by atoms with van der Waals surface area (Å²) in [6.07, 6.45) is 8.91. The zero-order chi connectivity index (χ0) is 23.4. The van der Waals surface area contributed by atoms with Crippen LogP contribution >= 0.6 is 0 Å². The van der Waals surface area contributed by atoms with Gasteiger partial charge >= 0.3 is 0 Å². The minimum absolute atomic E-state index is 0.0948. The van der Waals surface area contributed by atoms with Crippen molar-refractivity contribution in [3.8, 4) is 5.75 Å². The summed E-state index contributed by atoms with van der Waals surface area (Å²) in [5.41, 5.74) is 3.29. The third-order valence-corrected chi connectivity index (χ3v) is 5.20. The van der Waals surface area contributed by atoms with E-state index >= 15 is 0 Å². The Balaban J connectivity index is 1.30. The van der Waals surface area contributed by atoms with Gasteiger partial charge in [-0.2, -0.15) is 15.3 Å². The van der Waals surface area contributed by atoms with E-state index in [1.807, 2.05) is 36.1 Å². The molecule has 3 heterocycles. The number of rotatable bonds is 8. The molecule has 3 aromatic heterocycles. The third-order valence-electron chi connectivity index (χ3n) is 5.20. The van der Waals surface area contributed by atoms with Crippen molar-refractivity contribution in [2.24, 2.45) is 0 Å². The number of nitrogens with zero attached hydrogens (tertiary/aromatic N) is 6. The molecule has 0 radical (unpaired) electrons. The first-order chi connectivity index (χ1) is 15.8. The molecule has 0 bridgehead atoms. The molecule has 1 amide bonds. The lowest BCUT2D eigenvalue weighted by atomic mass is 9.87. The summed E-state index contributed by atoms with van der Waals surface area (Å²) in [5, 5.41) is 15.7. The summed E-state index contributed by atoms with van der Waals surface area (Å²) in [6.45, 7) is 10.2. The molecule has 4 aromatic rings. The van der Waals surface area contributed by atoms with Crippen LogP contribution in [0.1, 0.15) is 49.3 Å². The Kier molecular flexibility index (Phi) is 6.30. The van der Waals surface area contributed by atoms with Crippen molar-refractivity contribution in [1.29, 1.82) is 0 Å². The number of aromatic nitrogens is 6. The predicted octanol–water partition coefficient (Wildman–Crippen LogP) is 3.93. The molecule has 172 valence electrons. The lowest BCUT2D eigenvalue weighted by Crippen LogP contribution is -2.14. The van der Waals surface area contributed by atoms with Gasteiger partial charge in [0.25, 0.3) is 5.91 Å². The van der Waals surface area contributed by atoms with Crippen molar-refractivity contribution in [3.63, 3.8) is 0 Å². The highest BCUT2D eigenvalue weighted by atomic mass is 16.5. The van der Waals surface area contributed by atoms with Crippen LogP contribution < -0.4 is 10.1 Å². The van der Waals surface area contributed by atoms with Crippen LogP contribution in [0, 0.1) is 0 Å². The number of carbonyl (C=O) groups is 1. The Morgan fingerprint density at radius 2 is 1.76 bits per heavy atom. The molecule has 0 unspecified atom stereocenters. The van der Waals surface area contributed by atoms with Crippen LogP contribution in [0.2, 0.25) is 0 Å². The van der Waals surface area contributed by atoms with Gasteiger partial charge in [0.2, 0.25) is 0 Å². The predicted molar refractivity (Wildman–Crippen MR) is 125 cm³/mol. The minimum atomic E-state index is -0.304. The van der Waals surface area contributed by atoms with Crippen LogP contribution in [0.4, 0.5) is 5.69 Å². The van der Waals surface area contributed by atoms with E-state index in [1.165, 1.54) is 5.56 Å². The molecule has 9 heteroatoms. The van der Waals surface area contributed by atoms with Gasteiger partial charge in [-0.1, -0.05) is 32.9 Å². The average molecular weight is 448 g/mol. The van der Waals surface area contributed by atoms with Gasteiger partial charge in [0.05, 0.1) is 24.6 Å². The number of hydrogen-bond acceptors (Lipinski definition) is 5. The van der Waals surface area contributed by atoms with Gasteiger partial charge in [0, 0.05) is 30.7 Å². The van der Waals surface area contributed by atoms with Crippen LogP contribution in [0.15, 0.2) is 61.3 Å². The Bertz CT molecular complexity index is 1210. The van der Waals surface area contributed by atoms with Gasteiger partial charge in [-0.25, -0.2) is 4.68 Å². The molecular formula is C24H29N7O2. The van der Waals surface area contributed by atoms with E-state index in [2.05, 4.69) is 53.5 Å². The zero-order valence-electron chi connectivity index (χ0n) is 19.4. The van der Waals surface area contributed by atoms with Gasteiger partial charge in [0.15, 0.2) is 12.4 Å². The number of benzene rings is 1. The van der Waals surface area contributed by atoms with Gasteiger partial charge in [-0.15, -0.1) is 0 Å². The van der Waals surface area contributed by atoms with Crippen LogP contribution in [-0.4, -0.2) is 35.2 Å². The first-order valence-corrected chi connectivity index (χ1v) is 10.9. The molecule has 33 heavy (non-hydrogen) atoms. The number of carbonyl (C=O) groups excluding carboxylic acids is 1. The summed E-state index contributed by atoms with van der Waals surface area (Å²) in [5.74, 6) is 0.447. The molecule has 0 fully saturated rings. The summed E-state index contributed by atoms with van der Waals surface area (Å²) >= 11 is 0. The molecule has 4 rings (SSSR count). The molecule has 0 atom stereocenters. The number of nitrogens with one attached hydrogen (secondary N) is 1. The number of ether oxygens (including phenoxy) is 1. The normalized spacial score (nSPS) is 11.5. The highest BCUT2D eigenvalue weighted by Gasteiger charge is 2.14. The van der Waals surface area contributed by atoms with Crippen LogP contribution in [0.5, 0.6) is 5.75 Å². The molecule has 1 N–H and O–H groups in total. The molecule has 0 aliphatic rings. The van der Waals surface area contributed by atoms with Gasteiger partial charge in [0.1, 0.15) is 5.75 Å².